The Balaban J connectivity index is 1.70. The minimum atomic E-state index is -1.08. The van der Waals surface area contributed by atoms with Crippen LogP contribution in [-0.2, 0) is 15.0 Å². The van der Waals surface area contributed by atoms with Gasteiger partial charge in [-0.15, -0.1) is 0 Å². The molecule has 0 bridgehead atoms. The van der Waals surface area contributed by atoms with E-state index in [-0.39, 0.29) is 41.1 Å². The summed E-state index contributed by atoms with van der Waals surface area (Å²) < 4.78 is 25.9. The molecule has 3 N–H and O–H groups in total. The number of fused-ring (bicyclic) bond motifs is 1. The number of carbonyl (C=O) groups is 1. The monoisotopic (exact) mass is 429 g/mol. The van der Waals surface area contributed by atoms with E-state index in [0.717, 1.165) is 0 Å². The van der Waals surface area contributed by atoms with E-state index in [1.807, 2.05) is 13.0 Å². The van der Waals surface area contributed by atoms with E-state index < -0.39 is 22.7 Å². The van der Waals surface area contributed by atoms with Crippen LogP contribution >= 0.6 is 11.6 Å². The van der Waals surface area contributed by atoms with Crippen molar-refractivity contribution in [1.29, 1.82) is 5.26 Å². The van der Waals surface area contributed by atoms with E-state index in [1.54, 1.807) is 0 Å². The van der Waals surface area contributed by atoms with Crippen molar-refractivity contribution in [3.63, 3.8) is 0 Å². The average Bonchev–Trinajstić information content (AvgIpc) is 3.06. The van der Waals surface area contributed by atoms with Gasteiger partial charge in [0, 0.05) is 17.4 Å². The number of ether oxygens (including phenoxy) is 2. The van der Waals surface area contributed by atoms with Crippen molar-refractivity contribution in [3.8, 4) is 6.07 Å². The van der Waals surface area contributed by atoms with Gasteiger partial charge in [0.25, 0.3) is 11.9 Å². The normalized spacial score (nSPS) is 24.9. The van der Waals surface area contributed by atoms with E-state index in [1.165, 1.54) is 30.5 Å². The second kappa shape index (κ2) is 7.23. The Morgan fingerprint density at radius 3 is 2.90 bits per heavy atom. The van der Waals surface area contributed by atoms with Crippen LogP contribution < -0.4 is 11.1 Å². The molecule has 10 heteroatoms. The first-order valence-corrected chi connectivity index (χ1v) is 9.39. The van der Waals surface area contributed by atoms with E-state index in [9.17, 15) is 9.18 Å². The second-order valence-corrected chi connectivity index (χ2v) is 7.87. The Labute approximate surface area is 176 Å². The number of amides is 1. The van der Waals surface area contributed by atoms with Gasteiger partial charge >= 0.3 is 0 Å². The predicted molar refractivity (Wildman–Crippen MR) is 106 cm³/mol. The lowest BCUT2D eigenvalue weighted by molar-refractivity contribution is 0.0665. The zero-order valence-electron chi connectivity index (χ0n) is 15.9. The second-order valence-electron chi connectivity index (χ2n) is 7.47. The van der Waals surface area contributed by atoms with Gasteiger partial charge in [0.2, 0.25) is 0 Å². The van der Waals surface area contributed by atoms with E-state index in [4.69, 9.17) is 32.1 Å². The van der Waals surface area contributed by atoms with E-state index in [0.29, 0.717) is 12.3 Å². The maximum atomic E-state index is 14.9. The molecule has 2 atom stereocenters. The van der Waals surface area contributed by atoms with Crippen LogP contribution in [-0.4, -0.2) is 36.7 Å². The van der Waals surface area contributed by atoms with Crippen LogP contribution in [0.3, 0.4) is 0 Å². The fourth-order valence-corrected chi connectivity index (χ4v) is 3.99. The lowest BCUT2D eigenvalue weighted by atomic mass is 9.69. The summed E-state index contributed by atoms with van der Waals surface area (Å²) in [4.78, 5) is 21.0. The number of halogens is 2. The highest BCUT2D eigenvalue weighted by atomic mass is 35.5. The van der Waals surface area contributed by atoms with Gasteiger partial charge in [-0.05, 0) is 24.3 Å². The van der Waals surface area contributed by atoms with Crippen molar-refractivity contribution >= 4 is 29.2 Å². The molecule has 0 aliphatic carbocycles. The number of nitrogens with one attached hydrogen (secondary N) is 1. The van der Waals surface area contributed by atoms with Gasteiger partial charge in [0.15, 0.2) is 0 Å². The molecule has 0 spiro atoms. The quantitative estimate of drug-likeness (QED) is 0.773. The van der Waals surface area contributed by atoms with Crippen LogP contribution in [0, 0.1) is 22.6 Å². The Morgan fingerprint density at radius 1 is 1.37 bits per heavy atom. The predicted octanol–water partition coefficient (Wildman–Crippen LogP) is 2.57. The number of aliphatic imine (C=N–C) groups is 1. The molecule has 154 valence electrons. The number of amidine groups is 1. The lowest BCUT2D eigenvalue weighted by Crippen LogP contribution is -2.50. The molecule has 2 aromatic rings. The topological polar surface area (TPSA) is 123 Å². The van der Waals surface area contributed by atoms with Gasteiger partial charge in [0.1, 0.15) is 29.7 Å². The zero-order chi connectivity index (χ0) is 21.5. The fourth-order valence-electron chi connectivity index (χ4n) is 3.74. The third kappa shape index (κ3) is 3.14. The first-order chi connectivity index (χ1) is 14.3. The number of hydrogen-bond donors (Lipinski definition) is 2. The Bertz CT molecular complexity index is 1120. The molecule has 2 unspecified atom stereocenters. The molecule has 4 rings (SSSR count). The number of benzene rings is 1. The van der Waals surface area contributed by atoms with Crippen molar-refractivity contribution in [1.82, 2.24) is 4.98 Å². The van der Waals surface area contributed by atoms with Crippen molar-refractivity contribution in [2.24, 2.45) is 16.1 Å². The molecular formula is C20H17ClFN5O3. The molecule has 1 aromatic carbocycles. The molecular weight excluding hydrogens is 413 g/mol. The number of pyridine rings is 1. The molecule has 2 aliphatic heterocycles. The van der Waals surface area contributed by atoms with Crippen molar-refractivity contribution < 1.29 is 18.7 Å². The number of anilines is 1. The summed E-state index contributed by atoms with van der Waals surface area (Å²) >= 11 is 6.06. The van der Waals surface area contributed by atoms with Gasteiger partial charge < -0.3 is 20.5 Å². The summed E-state index contributed by atoms with van der Waals surface area (Å²) in [6.07, 6.45) is 1.25. The minimum absolute atomic E-state index is 0.0334. The third-order valence-corrected chi connectivity index (χ3v) is 5.71. The number of aromatic nitrogens is 1. The van der Waals surface area contributed by atoms with Gasteiger partial charge in [-0.3, -0.25) is 4.79 Å². The van der Waals surface area contributed by atoms with Crippen LogP contribution in [0.25, 0.3) is 0 Å². The molecule has 1 fully saturated rings. The maximum Gasteiger partial charge on any atom is 0.282 e. The summed E-state index contributed by atoms with van der Waals surface area (Å²) in [7, 11) is 0. The number of nitriles is 1. The summed E-state index contributed by atoms with van der Waals surface area (Å²) in [6.45, 7) is 2.57. The van der Waals surface area contributed by atoms with Crippen molar-refractivity contribution in [2.75, 3.05) is 25.1 Å². The molecule has 1 aromatic heterocycles. The van der Waals surface area contributed by atoms with E-state index in [2.05, 4.69) is 15.3 Å². The molecule has 30 heavy (non-hydrogen) atoms. The smallest absolute Gasteiger partial charge is 0.282 e. The van der Waals surface area contributed by atoms with Gasteiger partial charge in [-0.25, -0.2) is 14.4 Å². The lowest BCUT2D eigenvalue weighted by Gasteiger charge is -2.42. The fraction of sp³-hybridized carbons (Fsp3) is 0.300. The minimum Gasteiger partial charge on any atom is -0.465 e. The summed E-state index contributed by atoms with van der Waals surface area (Å²) in [5, 5.41) is 11.6. The standard InChI is InChI=1S/C20H17ClFN5O3/c1-19-8-29-10-20(19,27-18(24)30-9-19)13-5-12(2-3-15(13)22)26-17(28)16-14(21)4-11(6-23)7-25-16/h2-5,7H,8-10H2,1H3,(H2,24,27)(H,26,28). The van der Waals surface area contributed by atoms with E-state index >= 15 is 0 Å². The van der Waals surface area contributed by atoms with Gasteiger partial charge in [-0.2, -0.15) is 5.26 Å². The number of carbonyl (C=O) groups excluding carboxylic acids is 1. The Kier molecular flexibility index (Phi) is 4.84. The van der Waals surface area contributed by atoms with Crippen LogP contribution in [0.15, 0.2) is 35.5 Å². The number of hydrogen-bond acceptors (Lipinski definition) is 7. The molecule has 0 radical (unpaired) electrons. The third-order valence-electron chi connectivity index (χ3n) is 5.42. The Morgan fingerprint density at radius 2 is 2.17 bits per heavy atom. The number of nitrogens with zero attached hydrogens (tertiary/aromatic N) is 3. The van der Waals surface area contributed by atoms with Crippen LogP contribution in [0.2, 0.25) is 5.02 Å². The van der Waals surface area contributed by atoms with Crippen LogP contribution in [0.1, 0.15) is 28.5 Å². The number of rotatable bonds is 3. The van der Waals surface area contributed by atoms with Gasteiger partial charge in [0.05, 0.1) is 29.2 Å². The molecule has 8 nitrogen and oxygen atoms in total. The molecule has 1 amide bonds. The highest BCUT2D eigenvalue weighted by Crippen LogP contribution is 2.51. The zero-order valence-corrected chi connectivity index (χ0v) is 16.7. The van der Waals surface area contributed by atoms with Crippen molar-refractivity contribution in [2.45, 2.75) is 12.5 Å². The molecule has 3 heterocycles. The highest BCUT2D eigenvalue weighted by Gasteiger charge is 2.58. The van der Waals surface area contributed by atoms with Crippen molar-refractivity contribution in [3.05, 3.63) is 58.1 Å². The average molecular weight is 430 g/mol. The largest absolute Gasteiger partial charge is 0.465 e. The summed E-state index contributed by atoms with van der Waals surface area (Å²) in [6, 6.07) is 7.37. The highest BCUT2D eigenvalue weighted by molar-refractivity contribution is 6.34. The molecule has 1 saturated heterocycles. The summed E-state index contributed by atoms with van der Waals surface area (Å²) in [5.74, 6) is -1.10. The maximum absolute atomic E-state index is 14.9. The first kappa shape index (κ1) is 20.1. The van der Waals surface area contributed by atoms with Crippen LogP contribution in [0.5, 0.6) is 0 Å². The van der Waals surface area contributed by atoms with Crippen LogP contribution in [0.4, 0.5) is 10.1 Å². The number of nitrogens with two attached hydrogens (primary N) is 1. The van der Waals surface area contributed by atoms with Gasteiger partial charge in [-0.1, -0.05) is 18.5 Å². The SMILES string of the molecule is CC12COCC1(c1cc(NC(=O)c3ncc(C#N)cc3Cl)ccc1F)N=C(N)OC2. The first-order valence-electron chi connectivity index (χ1n) is 9.01. The molecule has 2 aliphatic rings. The molecule has 0 saturated carbocycles. The summed E-state index contributed by atoms with van der Waals surface area (Å²) in [5.41, 5.74) is 4.83. The Hall–Kier alpha value is -3.22.